The van der Waals surface area contributed by atoms with Crippen LogP contribution >= 0.6 is 0 Å². The van der Waals surface area contributed by atoms with Crippen LogP contribution in [0.2, 0.25) is 0 Å². The summed E-state index contributed by atoms with van der Waals surface area (Å²) in [6.07, 6.45) is 1.56. The molecular weight excluding hydrogens is 360 g/mol. The summed E-state index contributed by atoms with van der Waals surface area (Å²) in [6.45, 7) is 8.84. The number of aryl methyl sites for hydroxylation is 1. The van der Waals surface area contributed by atoms with Gasteiger partial charge in [0, 0.05) is 31.3 Å². The maximum absolute atomic E-state index is 11.8. The van der Waals surface area contributed by atoms with Gasteiger partial charge in [0.25, 0.3) is 0 Å². The van der Waals surface area contributed by atoms with Crippen LogP contribution in [0.5, 0.6) is 0 Å². The molecule has 28 heavy (non-hydrogen) atoms. The van der Waals surface area contributed by atoms with Gasteiger partial charge in [-0.15, -0.1) is 0 Å². The fourth-order valence-corrected chi connectivity index (χ4v) is 3.66. The molecule has 0 aliphatic carbocycles. The Hall–Kier alpha value is -2.12. The van der Waals surface area contributed by atoms with E-state index in [1.165, 1.54) is 4.90 Å². The van der Waals surface area contributed by atoms with Crippen LogP contribution in [-0.4, -0.2) is 54.6 Å². The number of nitrogens with one attached hydrogen (secondary N) is 1. The smallest absolute Gasteiger partial charge is 0.407 e. The van der Waals surface area contributed by atoms with E-state index >= 15 is 0 Å². The predicted octanol–water partition coefficient (Wildman–Crippen LogP) is 3.36. The highest BCUT2D eigenvalue weighted by Crippen LogP contribution is 2.32. The van der Waals surface area contributed by atoms with Gasteiger partial charge in [-0.05, 0) is 69.2 Å². The van der Waals surface area contributed by atoms with Crippen molar-refractivity contribution in [2.24, 2.45) is 0 Å². The van der Waals surface area contributed by atoms with E-state index in [-0.39, 0.29) is 12.7 Å². The topological polar surface area (TPSA) is 88.1 Å². The summed E-state index contributed by atoms with van der Waals surface area (Å²) in [5.41, 5.74) is 4.81. The molecule has 0 saturated heterocycles. The Morgan fingerprint density at radius 2 is 2.00 bits per heavy atom. The summed E-state index contributed by atoms with van der Waals surface area (Å²) >= 11 is 0. The molecule has 0 radical (unpaired) electrons. The number of amides is 2. The molecule has 0 unspecified atom stereocenters. The van der Waals surface area contributed by atoms with Crippen molar-refractivity contribution >= 4 is 17.7 Å². The monoisotopic (exact) mass is 392 g/mol. The van der Waals surface area contributed by atoms with Gasteiger partial charge in [0.2, 0.25) is 5.91 Å². The fourth-order valence-electron chi connectivity index (χ4n) is 3.66. The lowest BCUT2D eigenvalue weighted by Gasteiger charge is -2.33. The molecule has 0 saturated carbocycles. The number of benzene rings is 1. The van der Waals surface area contributed by atoms with Crippen LogP contribution in [0.25, 0.3) is 0 Å². The van der Waals surface area contributed by atoms with Gasteiger partial charge >= 0.3 is 6.09 Å². The molecule has 1 heterocycles. The number of rotatable bonds is 8. The molecule has 0 fully saturated rings. The number of hydrogen-bond donors (Lipinski definition) is 2. The van der Waals surface area contributed by atoms with E-state index in [1.54, 1.807) is 7.11 Å². The second-order valence-electron chi connectivity index (χ2n) is 8.14. The number of carbonyl (C=O) groups is 2. The van der Waals surface area contributed by atoms with Crippen molar-refractivity contribution in [2.45, 2.75) is 58.9 Å². The molecule has 0 atom stereocenters. The van der Waals surface area contributed by atoms with Gasteiger partial charge in [-0.3, -0.25) is 4.79 Å². The quantitative estimate of drug-likeness (QED) is 0.523. The molecule has 0 spiro atoms. The zero-order valence-electron chi connectivity index (χ0n) is 17.6. The number of fused-ring (bicyclic) bond motifs is 1. The van der Waals surface area contributed by atoms with Crippen molar-refractivity contribution < 1.29 is 24.2 Å². The number of hydrogen-bond acceptors (Lipinski definition) is 4. The average Bonchev–Trinajstić information content (AvgIpc) is 2.60. The van der Waals surface area contributed by atoms with Gasteiger partial charge in [0.05, 0.1) is 6.61 Å². The van der Waals surface area contributed by atoms with Gasteiger partial charge in [0.1, 0.15) is 6.79 Å². The Kier molecular flexibility index (Phi) is 7.43. The number of anilines is 1. The number of ether oxygens (including phenoxy) is 2. The third kappa shape index (κ3) is 5.45. The summed E-state index contributed by atoms with van der Waals surface area (Å²) in [7, 11) is 1.58. The highest BCUT2D eigenvalue weighted by Gasteiger charge is 2.27. The maximum Gasteiger partial charge on any atom is 0.407 e. The number of methoxy groups -OCH3 is 1. The lowest BCUT2D eigenvalue weighted by molar-refractivity contribution is -0.116. The summed E-state index contributed by atoms with van der Waals surface area (Å²) in [5.74, 6) is 0.0368. The number of carboxylic acid groups (broad SMARTS) is 1. The normalized spacial score (nSPS) is 13.8. The lowest BCUT2D eigenvalue weighted by Crippen LogP contribution is -2.46. The van der Waals surface area contributed by atoms with Crippen molar-refractivity contribution in [3.8, 4) is 0 Å². The van der Waals surface area contributed by atoms with Gasteiger partial charge in [0.15, 0.2) is 0 Å². The van der Waals surface area contributed by atoms with Crippen LogP contribution in [0.1, 0.15) is 49.4 Å². The third-order valence-electron chi connectivity index (χ3n) is 5.11. The molecule has 7 nitrogen and oxygen atoms in total. The van der Waals surface area contributed by atoms with Crippen LogP contribution in [-0.2, 0) is 33.5 Å². The molecule has 156 valence electrons. The van der Waals surface area contributed by atoms with Crippen LogP contribution in [0.4, 0.5) is 10.5 Å². The Balaban J connectivity index is 2.31. The van der Waals surface area contributed by atoms with E-state index in [0.29, 0.717) is 38.8 Å². The first-order valence-corrected chi connectivity index (χ1v) is 9.66. The minimum absolute atomic E-state index is 0.0368. The Morgan fingerprint density at radius 3 is 2.61 bits per heavy atom. The number of nitrogens with zero attached hydrogens (tertiary/aromatic N) is 1. The molecule has 0 aromatic heterocycles. The summed E-state index contributed by atoms with van der Waals surface area (Å²) in [5, 5.41) is 12.6. The summed E-state index contributed by atoms with van der Waals surface area (Å²) < 4.78 is 10.4. The van der Waals surface area contributed by atoms with Crippen LogP contribution in [0, 0.1) is 6.92 Å². The molecule has 1 aromatic carbocycles. The number of carbonyl (C=O) groups excluding carboxylic acids is 1. The molecular formula is C21H32N2O5. The lowest BCUT2D eigenvalue weighted by atomic mass is 9.89. The molecule has 1 aliphatic heterocycles. The van der Waals surface area contributed by atoms with E-state index in [9.17, 15) is 14.7 Å². The second-order valence-corrected chi connectivity index (χ2v) is 8.14. The maximum atomic E-state index is 11.8. The molecule has 2 N–H and O–H groups in total. The first-order chi connectivity index (χ1) is 13.1. The molecule has 2 amide bonds. The highest BCUT2D eigenvalue weighted by molar-refractivity contribution is 5.95. The predicted molar refractivity (Wildman–Crippen MR) is 108 cm³/mol. The summed E-state index contributed by atoms with van der Waals surface area (Å²) in [6, 6.07) is 2.12. The second kappa shape index (κ2) is 9.39. The van der Waals surface area contributed by atoms with E-state index in [0.717, 1.165) is 27.9 Å². The molecule has 0 bridgehead atoms. The van der Waals surface area contributed by atoms with Gasteiger partial charge in [-0.1, -0.05) is 6.07 Å². The van der Waals surface area contributed by atoms with Crippen LogP contribution in [0.15, 0.2) is 6.07 Å². The first-order valence-electron chi connectivity index (χ1n) is 9.66. The molecule has 1 aromatic rings. The van der Waals surface area contributed by atoms with Gasteiger partial charge in [-0.25, -0.2) is 4.79 Å². The molecule has 1 aliphatic rings. The Bertz CT molecular complexity index is 724. The SMILES string of the molecule is COCOCCc1c(CCN(C(=O)O)C(C)(C)C)cc2c(c1C)NC(=O)CC2. The largest absolute Gasteiger partial charge is 0.465 e. The third-order valence-corrected chi connectivity index (χ3v) is 5.11. The minimum Gasteiger partial charge on any atom is -0.465 e. The van der Waals surface area contributed by atoms with Crippen molar-refractivity contribution in [3.63, 3.8) is 0 Å². The fraction of sp³-hybridized carbons (Fsp3) is 0.619. The molecule has 7 heteroatoms. The zero-order chi connectivity index (χ0) is 20.9. The van der Waals surface area contributed by atoms with Crippen molar-refractivity contribution in [1.82, 2.24) is 4.90 Å². The van der Waals surface area contributed by atoms with Crippen molar-refractivity contribution in [1.29, 1.82) is 0 Å². The van der Waals surface area contributed by atoms with Crippen LogP contribution in [0.3, 0.4) is 0 Å². The van der Waals surface area contributed by atoms with Crippen molar-refractivity contribution in [3.05, 3.63) is 28.3 Å². The van der Waals surface area contributed by atoms with E-state index in [4.69, 9.17) is 9.47 Å². The minimum atomic E-state index is -0.917. The van der Waals surface area contributed by atoms with E-state index < -0.39 is 11.6 Å². The molecule has 2 rings (SSSR count). The van der Waals surface area contributed by atoms with Crippen molar-refractivity contribution in [2.75, 3.05) is 32.4 Å². The van der Waals surface area contributed by atoms with Crippen LogP contribution < -0.4 is 5.32 Å². The van der Waals surface area contributed by atoms with Gasteiger partial charge in [-0.2, -0.15) is 0 Å². The highest BCUT2D eigenvalue weighted by atomic mass is 16.7. The summed E-state index contributed by atoms with van der Waals surface area (Å²) in [4.78, 5) is 25.0. The van der Waals surface area contributed by atoms with Gasteiger partial charge < -0.3 is 24.8 Å². The average molecular weight is 392 g/mol. The Morgan fingerprint density at radius 1 is 1.29 bits per heavy atom. The Labute approximate surface area is 167 Å². The standard InChI is InChI=1S/C21H32N2O5/c1-14-17(9-11-28-13-27-5)15(8-10-23(20(25)26)21(2,3)4)12-16-6-7-18(24)22-19(14)16/h12H,6-11,13H2,1-5H3,(H,22,24)(H,25,26). The zero-order valence-corrected chi connectivity index (χ0v) is 17.6. The van der Waals surface area contributed by atoms with E-state index in [1.807, 2.05) is 27.7 Å². The van der Waals surface area contributed by atoms with E-state index in [2.05, 4.69) is 11.4 Å². The first kappa shape index (κ1) is 22.2.